The number of halogens is 2. The van der Waals surface area contributed by atoms with Gasteiger partial charge in [0.05, 0.1) is 19.5 Å². The molecule has 1 N–H and O–H groups in total. The van der Waals surface area contributed by atoms with Gasteiger partial charge in [-0.05, 0) is 40.4 Å². The largest absolute Gasteiger partial charge is 3.00 e. The van der Waals surface area contributed by atoms with Crippen LogP contribution in [0.5, 0.6) is 5.75 Å². The molecule has 2 nitrogen and oxygen atoms in total. The van der Waals surface area contributed by atoms with E-state index in [4.69, 9.17) is 4.43 Å². The molecule has 0 aliphatic carbocycles. The summed E-state index contributed by atoms with van der Waals surface area (Å²) in [5.41, 5.74) is 1.30. The Balaban J connectivity index is 0.00000150. The van der Waals surface area contributed by atoms with Crippen LogP contribution in [0.25, 0.3) is 21.5 Å². The van der Waals surface area contributed by atoms with E-state index in [-0.39, 0.29) is 56.6 Å². The van der Waals surface area contributed by atoms with E-state index in [2.05, 4.69) is 89.5 Å². The maximum atomic E-state index is 6.81. The molecule has 4 rings (SSSR count). The van der Waals surface area contributed by atoms with Crippen molar-refractivity contribution in [2.45, 2.75) is 65.5 Å². The van der Waals surface area contributed by atoms with Crippen molar-refractivity contribution in [1.29, 1.82) is 0 Å². The Morgan fingerprint density at radius 1 is 1.07 bits per heavy atom. The van der Waals surface area contributed by atoms with Gasteiger partial charge in [0.1, 0.15) is 0 Å². The Bertz CT molecular complexity index is 1070. The van der Waals surface area contributed by atoms with Gasteiger partial charge in [0.15, 0.2) is 0 Å². The van der Waals surface area contributed by atoms with Crippen LogP contribution >= 0.6 is 0 Å². The number of hydrogen-bond acceptors (Lipinski definition) is 2. The Kier molecular flexibility index (Phi) is 8.33. The molecule has 3 aromatic carbocycles. The number of hydrogen-bond donors (Lipinski definition) is 1. The summed E-state index contributed by atoms with van der Waals surface area (Å²) in [5.74, 6) is 1.11. The van der Waals surface area contributed by atoms with Gasteiger partial charge in [0.25, 0.3) is 0 Å². The second-order valence-electron chi connectivity index (χ2n) is 10.2. The predicted molar refractivity (Wildman–Crippen MR) is 126 cm³/mol. The number of fused-ring (bicyclic) bond motifs is 5. The zero-order valence-electron chi connectivity index (χ0n) is 19.3. The summed E-state index contributed by atoms with van der Waals surface area (Å²) in [7, 11) is -3.29. The minimum absolute atomic E-state index is 0. The topological polar surface area (TPSA) is 21.3 Å². The van der Waals surface area contributed by atoms with Crippen molar-refractivity contribution >= 4 is 54.0 Å². The minimum Gasteiger partial charge on any atom is -1.00 e. The summed E-state index contributed by atoms with van der Waals surface area (Å²) in [6, 6.07) is 12.5. The molecule has 0 bridgehead atoms. The second-order valence-corrected chi connectivity index (χ2v) is 19.0. The van der Waals surface area contributed by atoms with E-state index in [9.17, 15) is 0 Å². The van der Waals surface area contributed by atoms with Crippen LogP contribution in [0, 0.1) is 0 Å². The van der Waals surface area contributed by atoms with Crippen LogP contribution in [-0.4, -0.2) is 21.9 Å². The third-order valence-electron chi connectivity index (χ3n) is 5.68. The number of benzene rings is 2. The molecule has 0 fully saturated rings. The van der Waals surface area contributed by atoms with Crippen LogP contribution in [0.1, 0.15) is 27.7 Å². The van der Waals surface area contributed by atoms with Crippen LogP contribution < -0.4 is 44.9 Å². The van der Waals surface area contributed by atoms with Crippen molar-refractivity contribution in [3.8, 4) is 5.75 Å². The second kappa shape index (κ2) is 8.98. The van der Waals surface area contributed by atoms with Gasteiger partial charge in [-0.25, -0.2) is 0 Å². The SMILES string of the molecule is CC[Si]1(C)c2c(NC(C)(C)C)c(O[Si](C)(C)C)c3c([cH-]c4ccccc43)c21.[Cl-].[Cl-].[Zr+3]. The van der Waals surface area contributed by atoms with Crippen molar-refractivity contribution in [3.63, 3.8) is 0 Å². The third kappa shape index (κ3) is 4.61. The fourth-order valence-corrected chi connectivity index (χ4v) is 9.18. The van der Waals surface area contributed by atoms with Gasteiger partial charge in [-0.3, -0.25) is 0 Å². The zero-order chi connectivity index (χ0) is 19.8. The molecule has 1 atom stereocenters. The summed E-state index contributed by atoms with van der Waals surface area (Å²) >= 11 is 0. The molecule has 0 aromatic heterocycles. The standard InChI is InChI=1S/C23H32NOSi2.2ClH.Zr/c1-9-27(8)21-17-14-15-12-10-11-13-16(15)18(17)20(25-26(5,6)7)19(22(21)27)24-23(2,3)4;;;/h10-14,24H,9H2,1-8H3;2*1H;/q-1;;;+3/p-2. The molecule has 7 heteroatoms. The molecule has 161 valence electrons. The Hall–Kier alpha value is -0.193. The van der Waals surface area contributed by atoms with Gasteiger partial charge in [-0.15, -0.1) is 33.5 Å². The van der Waals surface area contributed by atoms with Gasteiger partial charge in [0.2, 0.25) is 8.32 Å². The Morgan fingerprint density at radius 3 is 2.20 bits per heavy atom. The summed E-state index contributed by atoms with van der Waals surface area (Å²) < 4.78 is 6.81. The molecule has 0 spiro atoms. The van der Waals surface area contributed by atoms with Crippen LogP contribution in [-0.2, 0) is 26.2 Å². The Labute approximate surface area is 215 Å². The molecule has 1 unspecified atom stereocenters. The molecule has 3 aromatic rings. The molecule has 1 aliphatic heterocycles. The monoisotopic (exact) mass is 554 g/mol. The molecule has 0 saturated carbocycles. The van der Waals surface area contributed by atoms with Gasteiger partial charge in [-0.1, -0.05) is 48.3 Å². The van der Waals surface area contributed by atoms with E-state index < -0.39 is 16.4 Å². The van der Waals surface area contributed by atoms with Crippen molar-refractivity contribution in [2.24, 2.45) is 0 Å². The van der Waals surface area contributed by atoms with Crippen LogP contribution in [0.3, 0.4) is 0 Å². The van der Waals surface area contributed by atoms with E-state index in [0.29, 0.717) is 0 Å². The summed E-state index contributed by atoms with van der Waals surface area (Å²) in [5, 5.41) is 12.6. The molecule has 0 saturated heterocycles. The molecule has 0 amide bonds. The average molecular weight is 557 g/mol. The number of rotatable bonds is 4. The normalized spacial score (nSPS) is 17.5. The molecule has 1 aliphatic rings. The van der Waals surface area contributed by atoms with E-state index in [1.807, 2.05) is 0 Å². The molecular formula is C23H32Cl2NOSi2Zr. The minimum atomic E-state index is -1.76. The van der Waals surface area contributed by atoms with Gasteiger partial charge >= 0.3 is 26.2 Å². The van der Waals surface area contributed by atoms with E-state index in [1.165, 1.54) is 33.3 Å². The smallest absolute Gasteiger partial charge is 1.00 e. The first-order valence-electron chi connectivity index (χ1n) is 10.1. The van der Waals surface area contributed by atoms with Crippen molar-refractivity contribution in [1.82, 2.24) is 0 Å². The summed E-state index contributed by atoms with van der Waals surface area (Å²) in [6.45, 7) is 18.5. The zero-order valence-corrected chi connectivity index (χ0v) is 25.2. The number of nitrogens with one attached hydrogen (secondary N) is 1. The van der Waals surface area contributed by atoms with Crippen molar-refractivity contribution in [3.05, 3.63) is 30.3 Å². The van der Waals surface area contributed by atoms with Crippen LogP contribution in [0.2, 0.25) is 32.2 Å². The molecular weight excluding hydrogens is 525 g/mol. The first-order valence-corrected chi connectivity index (χ1v) is 16.2. The molecule has 1 heterocycles. The quantitative estimate of drug-likeness (QED) is 0.351. The maximum absolute atomic E-state index is 6.81. The number of anilines is 1. The van der Waals surface area contributed by atoms with E-state index in [0.717, 1.165) is 5.75 Å². The fourth-order valence-electron chi connectivity index (χ4n) is 4.41. The maximum Gasteiger partial charge on any atom is 3.00 e. The third-order valence-corrected chi connectivity index (χ3v) is 10.9. The molecule has 30 heavy (non-hydrogen) atoms. The van der Waals surface area contributed by atoms with Gasteiger partial charge in [0, 0.05) is 5.54 Å². The van der Waals surface area contributed by atoms with E-state index in [1.54, 1.807) is 10.4 Å². The van der Waals surface area contributed by atoms with Crippen LogP contribution in [0.4, 0.5) is 5.69 Å². The van der Waals surface area contributed by atoms with Crippen molar-refractivity contribution < 1.29 is 55.4 Å². The average Bonchev–Trinajstić information content (AvgIpc) is 2.98. The summed E-state index contributed by atoms with van der Waals surface area (Å²) in [6.07, 6.45) is 0. The van der Waals surface area contributed by atoms with Gasteiger partial charge < -0.3 is 34.6 Å². The Morgan fingerprint density at radius 2 is 1.67 bits per heavy atom. The van der Waals surface area contributed by atoms with Gasteiger partial charge in [-0.2, -0.15) is 0 Å². The van der Waals surface area contributed by atoms with Crippen LogP contribution in [0.15, 0.2) is 30.3 Å². The summed E-state index contributed by atoms with van der Waals surface area (Å²) in [4.78, 5) is 0. The first kappa shape index (κ1) is 27.8. The van der Waals surface area contributed by atoms with Crippen molar-refractivity contribution in [2.75, 3.05) is 5.32 Å². The fraction of sp³-hybridized carbons (Fsp3) is 0.435. The predicted octanol–water partition coefficient (Wildman–Crippen LogP) is -0.332. The first-order chi connectivity index (χ1) is 12.5. The van der Waals surface area contributed by atoms with E-state index >= 15 is 0 Å². The molecule has 1 radical (unpaired) electrons.